The number of aromatic hydroxyl groups is 1. The quantitative estimate of drug-likeness (QED) is 0.748. The molecule has 0 radical (unpaired) electrons. The molecule has 2 aromatic rings. The normalized spacial score (nSPS) is 19.6. The third-order valence-electron chi connectivity index (χ3n) is 5.52. The maximum absolute atomic E-state index is 13.2. The van der Waals surface area contributed by atoms with Gasteiger partial charge in [-0.25, -0.2) is 9.18 Å². The molecule has 1 aromatic heterocycles. The minimum absolute atomic E-state index is 0.0990. The van der Waals surface area contributed by atoms with Gasteiger partial charge in [-0.1, -0.05) is 12.1 Å². The fourth-order valence-corrected chi connectivity index (χ4v) is 4.23. The van der Waals surface area contributed by atoms with Crippen LogP contribution in [0.5, 0.6) is 5.75 Å². The van der Waals surface area contributed by atoms with E-state index in [9.17, 15) is 23.9 Å². The van der Waals surface area contributed by atoms with Crippen molar-refractivity contribution in [2.45, 2.75) is 51.3 Å². The fourth-order valence-electron chi connectivity index (χ4n) is 4.23. The van der Waals surface area contributed by atoms with Crippen LogP contribution in [0.3, 0.4) is 0 Å². The lowest BCUT2D eigenvalue weighted by Gasteiger charge is -2.34. The number of amides is 2. The zero-order valence-electron chi connectivity index (χ0n) is 18.1. The van der Waals surface area contributed by atoms with Gasteiger partial charge in [-0.05, 0) is 44.9 Å². The van der Waals surface area contributed by atoms with Crippen LogP contribution in [-0.2, 0) is 11.3 Å². The summed E-state index contributed by atoms with van der Waals surface area (Å²) < 4.78 is 20.1. The van der Waals surface area contributed by atoms with Crippen LogP contribution in [0.2, 0.25) is 0 Å². The Labute approximate surface area is 183 Å². The summed E-state index contributed by atoms with van der Waals surface area (Å²) in [6, 6.07) is 5.59. The summed E-state index contributed by atoms with van der Waals surface area (Å²) in [7, 11) is 0. The molecule has 0 saturated carbocycles. The molecule has 0 aliphatic carbocycles. The molecule has 0 spiro atoms. The Balaban J connectivity index is 1.59. The number of rotatable bonds is 4. The molecule has 0 unspecified atom stereocenters. The number of halogens is 1. The van der Waals surface area contributed by atoms with E-state index in [-0.39, 0.29) is 36.6 Å². The van der Waals surface area contributed by atoms with Crippen molar-refractivity contribution in [1.29, 1.82) is 0 Å². The molecule has 0 bridgehead atoms. The number of alkyl carbamates (subject to hydrolysis) is 1. The smallest absolute Gasteiger partial charge is 0.407 e. The summed E-state index contributed by atoms with van der Waals surface area (Å²) in [6.07, 6.45) is -0.0657. The van der Waals surface area contributed by atoms with Gasteiger partial charge in [0.05, 0.1) is 6.04 Å². The number of carbonyl (C=O) groups excluding carboxylic acids is 2. The number of aromatic nitrogens is 2. The Morgan fingerprint density at radius 2 is 1.97 bits per heavy atom. The molecule has 2 aliphatic rings. The third-order valence-corrected chi connectivity index (χ3v) is 5.52. The average Bonchev–Trinajstić information content (AvgIpc) is 3.04. The second-order valence-corrected chi connectivity index (χ2v) is 9.12. The molecule has 3 heterocycles. The Morgan fingerprint density at radius 1 is 1.28 bits per heavy atom. The molecule has 2 aliphatic heterocycles. The van der Waals surface area contributed by atoms with E-state index in [1.807, 2.05) is 0 Å². The molecule has 0 saturated heterocycles. The van der Waals surface area contributed by atoms with E-state index in [4.69, 9.17) is 4.74 Å². The molecular formula is C22H25FN4O5. The number of hydrogen-bond donors (Lipinski definition) is 2. The zero-order valence-corrected chi connectivity index (χ0v) is 18.1. The van der Waals surface area contributed by atoms with E-state index >= 15 is 0 Å². The van der Waals surface area contributed by atoms with Crippen molar-refractivity contribution in [2.75, 3.05) is 13.1 Å². The van der Waals surface area contributed by atoms with Crippen molar-refractivity contribution in [3.63, 3.8) is 0 Å². The first-order chi connectivity index (χ1) is 15.0. The van der Waals surface area contributed by atoms with Crippen LogP contribution in [0.15, 0.2) is 29.1 Å². The van der Waals surface area contributed by atoms with Crippen molar-refractivity contribution < 1.29 is 23.8 Å². The predicted octanol–water partition coefficient (Wildman–Crippen LogP) is 2.30. The fraction of sp³-hybridized carbons (Fsp3) is 0.455. The van der Waals surface area contributed by atoms with E-state index in [1.165, 1.54) is 17.0 Å². The number of carbonyl (C=O) groups is 2. The Hall–Kier alpha value is -3.43. The summed E-state index contributed by atoms with van der Waals surface area (Å²) in [5.74, 6) is -1.52. The van der Waals surface area contributed by atoms with Crippen molar-refractivity contribution in [3.8, 4) is 5.75 Å². The van der Waals surface area contributed by atoms with Crippen molar-refractivity contribution in [3.05, 3.63) is 57.5 Å². The van der Waals surface area contributed by atoms with E-state index < -0.39 is 28.9 Å². The molecule has 32 heavy (non-hydrogen) atoms. The zero-order chi connectivity index (χ0) is 23.2. The number of nitrogens with one attached hydrogen (secondary N) is 1. The molecular weight excluding hydrogens is 419 g/mol. The Kier molecular flexibility index (Phi) is 5.39. The third kappa shape index (κ3) is 4.17. The summed E-state index contributed by atoms with van der Waals surface area (Å²) in [5.41, 5.74) is -0.903. The molecule has 1 aromatic carbocycles. The van der Waals surface area contributed by atoms with Crippen molar-refractivity contribution in [2.24, 2.45) is 0 Å². The Morgan fingerprint density at radius 3 is 2.62 bits per heavy atom. The number of benzene rings is 1. The van der Waals surface area contributed by atoms with Crippen LogP contribution >= 0.6 is 0 Å². The molecule has 2 atom stereocenters. The summed E-state index contributed by atoms with van der Waals surface area (Å²) in [5, 5.41) is 13.0. The monoisotopic (exact) mass is 444 g/mol. The van der Waals surface area contributed by atoms with E-state index in [2.05, 4.69) is 10.3 Å². The van der Waals surface area contributed by atoms with Gasteiger partial charge in [0.2, 0.25) is 5.75 Å². The van der Waals surface area contributed by atoms with Crippen molar-refractivity contribution >= 4 is 12.0 Å². The van der Waals surface area contributed by atoms with E-state index in [0.29, 0.717) is 18.8 Å². The predicted molar refractivity (Wildman–Crippen MR) is 112 cm³/mol. The first-order valence-corrected chi connectivity index (χ1v) is 10.4. The lowest BCUT2D eigenvalue weighted by atomic mass is 10.0. The van der Waals surface area contributed by atoms with Gasteiger partial charge < -0.3 is 24.6 Å². The average molecular weight is 444 g/mol. The first-order valence-electron chi connectivity index (χ1n) is 10.4. The number of hydrogen-bond acceptors (Lipinski definition) is 6. The van der Waals surface area contributed by atoms with Crippen molar-refractivity contribution in [1.82, 2.24) is 19.8 Å². The van der Waals surface area contributed by atoms with Gasteiger partial charge in [-0.3, -0.25) is 9.59 Å². The summed E-state index contributed by atoms with van der Waals surface area (Å²) >= 11 is 0. The first kappa shape index (κ1) is 21.8. The van der Waals surface area contributed by atoms with Gasteiger partial charge in [0.15, 0.2) is 5.69 Å². The summed E-state index contributed by atoms with van der Waals surface area (Å²) in [4.78, 5) is 43.0. The molecule has 9 nitrogen and oxygen atoms in total. The number of nitrogens with zero attached hydrogens (tertiary/aromatic N) is 3. The van der Waals surface area contributed by atoms with Gasteiger partial charge in [-0.2, -0.15) is 4.98 Å². The van der Waals surface area contributed by atoms with E-state index in [0.717, 1.165) is 5.56 Å². The second-order valence-electron chi connectivity index (χ2n) is 9.12. The lowest BCUT2D eigenvalue weighted by molar-refractivity contribution is 0.0524. The summed E-state index contributed by atoms with van der Waals surface area (Å²) in [6.45, 7) is 5.99. The maximum Gasteiger partial charge on any atom is 0.407 e. The van der Waals surface area contributed by atoms with Crippen LogP contribution in [-0.4, -0.2) is 50.2 Å². The highest BCUT2D eigenvalue weighted by Gasteiger charge is 2.43. The van der Waals surface area contributed by atoms with Crippen LogP contribution in [0.25, 0.3) is 0 Å². The van der Waals surface area contributed by atoms with Gasteiger partial charge in [0, 0.05) is 25.6 Å². The van der Waals surface area contributed by atoms with Gasteiger partial charge in [-0.15, -0.1) is 0 Å². The Bertz CT molecular complexity index is 1120. The molecule has 4 rings (SSSR count). The molecule has 2 amide bonds. The highest BCUT2D eigenvalue weighted by atomic mass is 19.1. The highest BCUT2D eigenvalue weighted by molar-refractivity contribution is 5.96. The standard InChI is InChI=1S/C22H25FN4O5/c1-22(2,3)32-21(31)24-9-13-8-15-11-26(10-12-4-6-14(23)7-5-12)20(30)16-17(28)19(29)25-18(13)27(15)16/h4-7,13,15,28H,8-11H2,1-3H3,(H,24,31)/t13-,15-/m0/s1. The number of ether oxygens (including phenoxy) is 1. The van der Waals surface area contributed by atoms with Gasteiger partial charge >= 0.3 is 11.7 Å². The largest absolute Gasteiger partial charge is 0.501 e. The van der Waals surface area contributed by atoms with E-state index in [1.54, 1.807) is 37.5 Å². The minimum atomic E-state index is -0.883. The minimum Gasteiger partial charge on any atom is -0.501 e. The highest BCUT2D eigenvalue weighted by Crippen LogP contribution is 2.40. The molecule has 0 fully saturated rings. The molecule has 10 heteroatoms. The SMILES string of the molecule is CC(C)(C)OC(=O)NC[C@@H]1C[C@H]2CN(Cc3ccc(F)cc3)C(=O)c3c(O)c(=O)nc1n32. The lowest BCUT2D eigenvalue weighted by Crippen LogP contribution is -2.43. The van der Waals surface area contributed by atoms with Gasteiger partial charge in [0.1, 0.15) is 17.2 Å². The van der Waals surface area contributed by atoms with Crippen LogP contribution < -0.4 is 10.9 Å². The topological polar surface area (TPSA) is 114 Å². The second kappa shape index (κ2) is 7.92. The van der Waals surface area contributed by atoms with Gasteiger partial charge in [0.25, 0.3) is 5.91 Å². The van der Waals surface area contributed by atoms with Crippen LogP contribution in [0.1, 0.15) is 61.0 Å². The molecule has 170 valence electrons. The van der Waals surface area contributed by atoms with Crippen LogP contribution in [0, 0.1) is 5.82 Å². The van der Waals surface area contributed by atoms with Crippen LogP contribution in [0.4, 0.5) is 9.18 Å². The maximum atomic E-state index is 13.2. The molecule has 2 N–H and O–H groups in total.